The molecule has 0 heterocycles. The Morgan fingerprint density at radius 2 is 1.20 bits per heavy atom. The van der Waals surface area contributed by atoms with Crippen molar-refractivity contribution in [3.63, 3.8) is 0 Å². The Bertz CT molecular complexity index is 251. The minimum atomic E-state index is -0.134. The van der Waals surface area contributed by atoms with Crippen molar-refractivity contribution >= 4 is 11.9 Å². The van der Waals surface area contributed by atoms with E-state index < -0.39 is 0 Å². The van der Waals surface area contributed by atoms with Crippen LogP contribution in [0.25, 0.3) is 0 Å². The molecule has 0 aromatic carbocycles. The molecule has 4 heteroatoms. The second-order valence-corrected chi connectivity index (χ2v) is 5.06. The van der Waals surface area contributed by atoms with Gasteiger partial charge in [-0.25, -0.2) is 0 Å². The molecule has 4 nitrogen and oxygen atoms in total. The SMILES string of the molecule is CCCCCCOC(=O)CCCCCC(=O)OCCC. The Balaban J connectivity index is 3.28. The van der Waals surface area contributed by atoms with Crippen molar-refractivity contribution in [2.24, 2.45) is 0 Å². The van der Waals surface area contributed by atoms with Gasteiger partial charge in [0.1, 0.15) is 0 Å². The van der Waals surface area contributed by atoms with Gasteiger partial charge in [0.2, 0.25) is 0 Å². The van der Waals surface area contributed by atoms with E-state index in [1.165, 1.54) is 12.8 Å². The van der Waals surface area contributed by atoms with Crippen molar-refractivity contribution in [3.8, 4) is 0 Å². The molecule has 0 aromatic heterocycles. The van der Waals surface area contributed by atoms with Crippen molar-refractivity contribution in [1.82, 2.24) is 0 Å². The highest BCUT2D eigenvalue weighted by atomic mass is 16.5. The van der Waals surface area contributed by atoms with Crippen LogP contribution >= 0.6 is 0 Å². The van der Waals surface area contributed by atoms with E-state index in [1.54, 1.807) is 0 Å². The first-order valence-corrected chi connectivity index (χ1v) is 8.02. The zero-order valence-corrected chi connectivity index (χ0v) is 13.1. The van der Waals surface area contributed by atoms with Gasteiger partial charge in [-0.3, -0.25) is 9.59 Å². The van der Waals surface area contributed by atoms with Crippen LogP contribution in [0.2, 0.25) is 0 Å². The predicted molar refractivity (Wildman–Crippen MR) is 79.4 cm³/mol. The Kier molecular flexibility index (Phi) is 13.6. The van der Waals surface area contributed by atoms with Crippen LogP contribution in [0.1, 0.15) is 78.1 Å². The molecule has 0 aromatic rings. The lowest BCUT2D eigenvalue weighted by Crippen LogP contribution is -2.06. The van der Waals surface area contributed by atoms with Crippen molar-refractivity contribution in [3.05, 3.63) is 0 Å². The van der Waals surface area contributed by atoms with Gasteiger partial charge in [-0.05, 0) is 25.7 Å². The summed E-state index contributed by atoms with van der Waals surface area (Å²) in [5.41, 5.74) is 0. The molecule has 0 aliphatic carbocycles. The van der Waals surface area contributed by atoms with E-state index in [1.807, 2.05) is 6.92 Å². The molecule has 0 N–H and O–H groups in total. The maximum atomic E-state index is 11.4. The van der Waals surface area contributed by atoms with Gasteiger partial charge in [0.05, 0.1) is 13.2 Å². The molecule has 0 unspecified atom stereocenters. The summed E-state index contributed by atoms with van der Waals surface area (Å²) in [7, 11) is 0. The molecule has 0 aliphatic heterocycles. The predicted octanol–water partition coefficient (Wildman–Crippen LogP) is 4.01. The number of carbonyl (C=O) groups is 2. The molecular weight excluding hydrogens is 256 g/mol. The van der Waals surface area contributed by atoms with E-state index in [-0.39, 0.29) is 11.9 Å². The third kappa shape index (κ3) is 13.4. The van der Waals surface area contributed by atoms with Crippen LogP contribution in [0, 0.1) is 0 Å². The minimum Gasteiger partial charge on any atom is -0.466 e. The average Bonchev–Trinajstić information content (AvgIpc) is 2.44. The lowest BCUT2D eigenvalue weighted by atomic mass is 10.1. The fourth-order valence-corrected chi connectivity index (χ4v) is 1.79. The average molecular weight is 286 g/mol. The molecule has 0 atom stereocenters. The number of ether oxygens (including phenoxy) is 2. The quantitative estimate of drug-likeness (QED) is 0.379. The Morgan fingerprint density at radius 3 is 1.75 bits per heavy atom. The maximum Gasteiger partial charge on any atom is 0.305 e. The Labute approximate surface area is 123 Å². The van der Waals surface area contributed by atoms with Crippen molar-refractivity contribution in [2.75, 3.05) is 13.2 Å². The molecule has 0 bridgehead atoms. The number of hydrogen-bond donors (Lipinski definition) is 0. The smallest absolute Gasteiger partial charge is 0.305 e. The Morgan fingerprint density at radius 1 is 0.650 bits per heavy atom. The van der Waals surface area contributed by atoms with Crippen molar-refractivity contribution in [1.29, 1.82) is 0 Å². The lowest BCUT2D eigenvalue weighted by Gasteiger charge is -2.05. The zero-order valence-electron chi connectivity index (χ0n) is 13.1. The van der Waals surface area contributed by atoms with Crippen molar-refractivity contribution < 1.29 is 19.1 Å². The van der Waals surface area contributed by atoms with Crippen LogP contribution in [0.5, 0.6) is 0 Å². The monoisotopic (exact) mass is 286 g/mol. The largest absolute Gasteiger partial charge is 0.466 e. The molecule has 20 heavy (non-hydrogen) atoms. The number of esters is 2. The van der Waals surface area contributed by atoms with E-state index in [2.05, 4.69) is 6.92 Å². The van der Waals surface area contributed by atoms with E-state index in [9.17, 15) is 9.59 Å². The van der Waals surface area contributed by atoms with E-state index in [0.29, 0.717) is 26.1 Å². The van der Waals surface area contributed by atoms with Crippen LogP contribution in [0.15, 0.2) is 0 Å². The standard InChI is InChI=1S/C16H30O4/c1-3-5-6-10-14-20-16(18)12-9-7-8-11-15(17)19-13-4-2/h3-14H2,1-2H3. The third-order valence-corrected chi connectivity index (χ3v) is 2.99. The molecule has 0 amide bonds. The van der Waals surface area contributed by atoms with Gasteiger partial charge < -0.3 is 9.47 Å². The lowest BCUT2D eigenvalue weighted by molar-refractivity contribution is -0.144. The van der Waals surface area contributed by atoms with E-state index in [4.69, 9.17) is 9.47 Å². The summed E-state index contributed by atoms with van der Waals surface area (Å²) < 4.78 is 10.1. The van der Waals surface area contributed by atoms with Crippen LogP contribution in [-0.4, -0.2) is 25.2 Å². The highest BCUT2D eigenvalue weighted by Crippen LogP contribution is 2.06. The second-order valence-electron chi connectivity index (χ2n) is 5.06. The molecule has 118 valence electrons. The summed E-state index contributed by atoms with van der Waals surface area (Å²) in [4.78, 5) is 22.6. The van der Waals surface area contributed by atoms with Crippen LogP contribution in [-0.2, 0) is 19.1 Å². The Hall–Kier alpha value is -1.06. The fraction of sp³-hybridized carbons (Fsp3) is 0.875. The highest BCUT2D eigenvalue weighted by molar-refractivity contribution is 5.69. The van der Waals surface area contributed by atoms with Gasteiger partial charge in [0, 0.05) is 12.8 Å². The molecule has 0 fully saturated rings. The van der Waals surface area contributed by atoms with Gasteiger partial charge in [0.25, 0.3) is 0 Å². The van der Waals surface area contributed by atoms with E-state index >= 15 is 0 Å². The number of hydrogen-bond acceptors (Lipinski definition) is 4. The van der Waals surface area contributed by atoms with Crippen LogP contribution < -0.4 is 0 Å². The molecular formula is C16H30O4. The topological polar surface area (TPSA) is 52.6 Å². The van der Waals surface area contributed by atoms with E-state index in [0.717, 1.165) is 38.5 Å². The maximum absolute atomic E-state index is 11.4. The number of carbonyl (C=O) groups excluding carboxylic acids is 2. The van der Waals surface area contributed by atoms with Gasteiger partial charge >= 0.3 is 11.9 Å². The first kappa shape index (κ1) is 18.9. The van der Waals surface area contributed by atoms with Crippen LogP contribution in [0.4, 0.5) is 0 Å². The molecule has 0 saturated heterocycles. The van der Waals surface area contributed by atoms with Gasteiger partial charge in [0.15, 0.2) is 0 Å². The first-order valence-electron chi connectivity index (χ1n) is 8.02. The van der Waals surface area contributed by atoms with Gasteiger partial charge in [-0.1, -0.05) is 39.5 Å². The zero-order chi connectivity index (χ0) is 15.1. The summed E-state index contributed by atoms with van der Waals surface area (Å²) in [6, 6.07) is 0. The normalized spacial score (nSPS) is 10.3. The van der Waals surface area contributed by atoms with Crippen molar-refractivity contribution in [2.45, 2.75) is 78.1 Å². The highest BCUT2D eigenvalue weighted by Gasteiger charge is 2.04. The third-order valence-electron chi connectivity index (χ3n) is 2.99. The fourth-order valence-electron chi connectivity index (χ4n) is 1.79. The molecule has 0 saturated carbocycles. The number of rotatable bonds is 13. The number of unbranched alkanes of at least 4 members (excludes halogenated alkanes) is 5. The molecule has 0 radical (unpaired) electrons. The van der Waals surface area contributed by atoms with Gasteiger partial charge in [-0.2, -0.15) is 0 Å². The minimum absolute atomic E-state index is 0.116. The summed E-state index contributed by atoms with van der Waals surface area (Å²) in [5, 5.41) is 0. The summed E-state index contributed by atoms with van der Waals surface area (Å²) in [6.45, 7) is 5.18. The molecule has 0 rings (SSSR count). The second kappa shape index (κ2) is 14.4. The summed E-state index contributed by atoms with van der Waals surface area (Å²) >= 11 is 0. The molecule has 0 aliphatic rings. The first-order chi connectivity index (χ1) is 9.70. The van der Waals surface area contributed by atoms with Gasteiger partial charge in [-0.15, -0.1) is 0 Å². The summed E-state index contributed by atoms with van der Waals surface area (Å²) in [6.07, 6.45) is 8.68. The molecule has 0 spiro atoms. The summed E-state index contributed by atoms with van der Waals surface area (Å²) in [5.74, 6) is -0.250. The van der Waals surface area contributed by atoms with Crippen LogP contribution in [0.3, 0.4) is 0 Å².